The van der Waals surface area contributed by atoms with Gasteiger partial charge in [0, 0.05) is 0 Å². The van der Waals surface area contributed by atoms with Crippen LogP contribution in [0.25, 0.3) is 0 Å². The van der Waals surface area contributed by atoms with Crippen LogP contribution in [-0.2, 0) is 0 Å². The first-order valence-electron chi connectivity index (χ1n) is 3.48. The maximum atomic E-state index is 9.02. The van der Waals surface area contributed by atoms with Crippen LogP contribution in [0.2, 0.25) is 0 Å². The monoisotopic (exact) mass is 182 g/mol. The lowest BCUT2D eigenvalue weighted by atomic mass is 10.1. The molecule has 0 saturated heterocycles. The largest absolute Gasteiger partial charge is 0.394 e. The molecule has 0 fully saturated rings. The van der Waals surface area contributed by atoms with Gasteiger partial charge in [0.05, 0.1) is 12.7 Å². The lowest BCUT2D eigenvalue weighted by molar-refractivity contribution is -0.0773. The van der Waals surface area contributed by atoms with E-state index in [0.717, 1.165) is 0 Å². The van der Waals surface area contributed by atoms with Crippen molar-refractivity contribution >= 4 is 0 Å². The number of aliphatic hydroxyl groups is 4. The van der Waals surface area contributed by atoms with Crippen LogP contribution < -0.4 is 11.9 Å². The van der Waals surface area contributed by atoms with Gasteiger partial charge in [0.2, 0.25) is 0 Å². The maximum Gasteiger partial charge on any atom is 0.108 e. The van der Waals surface area contributed by atoms with E-state index in [0.29, 0.717) is 0 Å². The molecule has 0 aliphatic heterocycles. The van der Waals surface area contributed by atoms with E-state index in [-0.39, 0.29) is 19.1 Å². The lowest BCUT2D eigenvalue weighted by Gasteiger charge is -2.20. The molecular formula is C6H18N2O4. The summed E-state index contributed by atoms with van der Waals surface area (Å²) in [7, 11) is 0. The second-order valence-electron chi connectivity index (χ2n) is 2.39. The van der Waals surface area contributed by atoms with E-state index in [1.807, 2.05) is 0 Å². The van der Waals surface area contributed by atoms with Crippen molar-refractivity contribution in [2.24, 2.45) is 5.73 Å². The Kier molecular flexibility index (Phi) is 8.83. The van der Waals surface area contributed by atoms with Crippen molar-refractivity contribution in [1.29, 1.82) is 0 Å². The highest BCUT2D eigenvalue weighted by molar-refractivity contribution is 4.74. The third kappa shape index (κ3) is 4.60. The zero-order valence-electron chi connectivity index (χ0n) is 6.93. The molecule has 3 atom stereocenters. The Hall–Kier alpha value is -0.240. The summed E-state index contributed by atoms with van der Waals surface area (Å²) in [5.74, 6) is 0. The number of aliphatic hydroxyl groups excluding tert-OH is 4. The van der Waals surface area contributed by atoms with Gasteiger partial charge >= 0.3 is 0 Å². The van der Waals surface area contributed by atoms with Crippen molar-refractivity contribution in [2.45, 2.75) is 24.7 Å². The summed E-state index contributed by atoms with van der Waals surface area (Å²) in [6, 6.07) is 0. The van der Waals surface area contributed by atoms with Crippen LogP contribution in [0, 0.1) is 0 Å². The fourth-order valence-corrected chi connectivity index (χ4v) is 0.706. The minimum absolute atomic E-state index is 0. The van der Waals surface area contributed by atoms with Crippen molar-refractivity contribution in [3.8, 4) is 0 Å². The quantitative estimate of drug-likeness (QED) is 0.279. The molecule has 9 N–H and O–H groups in total. The minimum Gasteiger partial charge on any atom is -0.394 e. The summed E-state index contributed by atoms with van der Waals surface area (Å²) >= 11 is 0. The van der Waals surface area contributed by atoms with Gasteiger partial charge in [0.1, 0.15) is 12.2 Å². The average molecular weight is 182 g/mol. The van der Waals surface area contributed by atoms with Crippen LogP contribution in [0.1, 0.15) is 6.42 Å². The third-order valence-corrected chi connectivity index (χ3v) is 1.44. The Morgan fingerprint density at radius 3 is 1.92 bits per heavy atom. The van der Waals surface area contributed by atoms with E-state index in [9.17, 15) is 0 Å². The van der Waals surface area contributed by atoms with Gasteiger partial charge in [-0.1, -0.05) is 0 Å². The molecule has 0 aromatic heterocycles. The summed E-state index contributed by atoms with van der Waals surface area (Å²) in [6.07, 6.45) is -3.47. The third-order valence-electron chi connectivity index (χ3n) is 1.44. The maximum absolute atomic E-state index is 9.02. The minimum atomic E-state index is -1.32. The molecular weight excluding hydrogens is 164 g/mol. The van der Waals surface area contributed by atoms with Crippen molar-refractivity contribution in [2.75, 3.05) is 13.2 Å². The van der Waals surface area contributed by atoms with E-state index in [1.54, 1.807) is 0 Å². The van der Waals surface area contributed by atoms with E-state index in [1.165, 1.54) is 0 Å². The molecule has 0 aliphatic carbocycles. The zero-order valence-corrected chi connectivity index (χ0v) is 6.93. The molecule has 0 bridgehead atoms. The molecule has 0 aromatic rings. The molecule has 0 spiro atoms. The molecule has 0 saturated carbocycles. The van der Waals surface area contributed by atoms with Crippen LogP contribution in [0.15, 0.2) is 0 Å². The smallest absolute Gasteiger partial charge is 0.108 e. The Balaban J connectivity index is 0. The topological polar surface area (TPSA) is 142 Å². The summed E-state index contributed by atoms with van der Waals surface area (Å²) in [5.41, 5.74) is 5.09. The van der Waals surface area contributed by atoms with Gasteiger partial charge in [-0.05, 0) is 13.0 Å². The predicted molar refractivity (Wildman–Crippen MR) is 43.8 cm³/mol. The van der Waals surface area contributed by atoms with Crippen LogP contribution in [0.5, 0.6) is 0 Å². The fourth-order valence-electron chi connectivity index (χ4n) is 0.706. The van der Waals surface area contributed by atoms with Gasteiger partial charge in [-0.15, -0.1) is 0 Å². The van der Waals surface area contributed by atoms with Crippen molar-refractivity contribution in [3.05, 3.63) is 0 Å². The first kappa shape index (κ1) is 14.3. The Labute approximate surface area is 71.2 Å². The lowest BCUT2D eigenvalue weighted by Crippen LogP contribution is -2.40. The fraction of sp³-hybridized carbons (Fsp3) is 1.00. The normalized spacial score (nSPS) is 17.8. The Morgan fingerprint density at radius 1 is 1.08 bits per heavy atom. The van der Waals surface area contributed by atoms with Crippen LogP contribution >= 0.6 is 0 Å². The van der Waals surface area contributed by atoms with Crippen molar-refractivity contribution in [1.82, 2.24) is 6.15 Å². The first-order valence-corrected chi connectivity index (χ1v) is 3.48. The van der Waals surface area contributed by atoms with Gasteiger partial charge in [0.25, 0.3) is 0 Å². The standard InChI is InChI=1S/C6H15NO4.H3N/c7-2-1-4(9)6(11)5(10)3-8;/h4-6,8-11H,1-3,7H2;1H3. The highest BCUT2D eigenvalue weighted by Gasteiger charge is 2.22. The molecule has 0 rings (SSSR count). The molecule has 6 nitrogen and oxygen atoms in total. The number of rotatable bonds is 5. The molecule has 12 heavy (non-hydrogen) atoms. The highest BCUT2D eigenvalue weighted by Crippen LogP contribution is 2.02. The predicted octanol–water partition coefficient (Wildman–Crippen LogP) is -2.43. The van der Waals surface area contributed by atoms with Gasteiger partial charge in [0.15, 0.2) is 0 Å². The molecule has 3 unspecified atom stereocenters. The first-order chi connectivity index (χ1) is 5.13. The van der Waals surface area contributed by atoms with Gasteiger partial charge in [-0.25, -0.2) is 0 Å². The van der Waals surface area contributed by atoms with Crippen LogP contribution in [0.4, 0.5) is 0 Å². The van der Waals surface area contributed by atoms with E-state index >= 15 is 0 Å². The molecule has 0 radical (unpaired) electrons. The summed E-state index contributed by atoms with van der Waals surface area (Å²) in [6.45, 7) is -0.334. The molecule has 76 valence electrons. The van der Waals surface area contributed by atoms with E-state index < -0.39 is 24.9 Å². The van der Waals surface area contributed by atoms with E-state index in [2.05, 4.69) is 0 Å². The summed E-state index contributed by atoms with van der Waals surface area (Å²) in [4.78, 5) is 0. The Bertz CT molecular complexity index is 104. The van der Waals surface area contributed by atoms with Crippen molar-refractivity contribution < 1.29 is 20.4 Å². The SMILES string of the molecule is N.NCCC(O)C(O)C(O)CO. The molecule has 0 heterocycles. The van der Waals surface area contributed by atoms with Gasteiger partial charge < -0.3 is 32.3 Å². The second kappa shape index (κ2) is 7.41. The molecule has 0 aromatic carbocycles. The van der Waals surface area contributed by atoms with Gasteiger partial charge in [-0.3, -0.25) is 0 Å². The Morgan fingerprint density at radius 2 is 1.58 bits per heavy atom. The zero-order chi connectivity index (χ0) is 8.85. The number of hydrogen-bond donors (Lipinski definition) is 6. The second-order valence-corrected chi connectivity index (χ2v) is 2.39. The van der Waals surface area contributed by atoms with Crippen LogP contribution in [-0.4, -0.2) is 51.9 Å². The van der Waals surface area contributed by atoms with E-state index in [4.69, 9.17) is 26.2 Å². The molecule has 6 heteroatoms. The summed E-state index contributed by atoms with van der Waals surface area (Å²) in [5, 5.41) is 35.2. The highest BCUT2D eigenvalue weighted by atomic mass is 16.4. The average Bonchev–Trinajstić information content (AvgIpc) is 2.02. The van der Waals surface area contributed by atoms with Gasteiger partial charge in [-0.2, -0.15) is 0 Å². The number of nitrogens with two attached hydrogens (primary N) is 1. The van der Waals surface area contributed by atoms with Crippen molar-refractivity contribution in [3.63, 3.8) is 0 Å². The summed E-state index contributed by atoms with van der Waals surface area (Å²) < 4.78 is 0. The molecule has 0 aliphatic rings. The van der Waals surface area contributed by atoms with Crippen LogP contribution in [0.3, 0.4) is 0 Å². The molecule has 0 amide bonds. The number of hydrogen-bond acceptors (Lipinski definition) is 6.